The molecule has 1 aliphatic heterocycles. The minimum absolute atomic E-state index is 0.304. The largest absolute Gasteiger partial charge is 0.489 e. The second-order valence-corrected chi connectivity index (χ2v) is 4.07. The second-order valence-electron chi connectivity index (χ2n) is 3.27. The molecule has 1 atom stereocenters. The predicted octanol–water partition coefficient (Wildman–Crippen LogP) is 2.07. The van der Waals surface area contributed by atoms with E-state index in [4.69, 9.17) is 9.47 Å². The maximum absolute atomic E-state index is 5.65. The van der Waals surface area contributed by atoms with Crippen LogP contribution in [0.25, 0.3) is 10.1 Å². The number of epoxide rings is 1. The summed E-state index contributed by atoms with van der Waals surface area (Å²) in [5, 5.41) is 1.14. The maximum atomic E-state index is 5.65. The minimum Gasteiger partial charge on any atom is -0.489 e. The molecule has 14 heavy (non-hydrogen) atoms. The molecule has 1 aromatic carbocycles. The average Bonchev–Trinajstić information content (AvgIpc) is 2.91. The molecule has 0 spiro atoms. The fourth-order valence-electron chi connectivity index (χ4n) is 1.33. The summed E-state index contributed by atoms with van der Waals surface area (Å²) in [6.45, 7) is 1.48. The highest BCUT2D eigenvalue weighted by molar-refractivity contribution is 7.13. The molecule has 0 bridgehead atoms. The summed E-state index contributed by atoms with van der Waals surface area (Å²) in [5.74, 6) is 0.917. The van der Waals surface area contributed by atoms with E-state index < -0.39 is 0 Å². The van der Waals surface area contributed by atoms with Gasteiger partial charge in [0.05, 0.1) is 11.3 Å². The van der Waals surface area contributed by atoms with Gasteiger partial charge in [0.2, 0.25) is 0 Å². The van der Waals surface area contributed by atoms with Crippen molar-refractivity contribution in [2.75, 3.05) is 13.2 Å². The van der Waals surface area contributed by atoms with E-state index in [1.807, 2.05) is 24.4 Å². The van der Waals surface area contributed by atoms with Gasteiger partial charge in [-0.25, -0.2) is 0 Å². The first-order valence-corrected chi connectivity index (χ1v) is 5.28. The van der Waals surface area contributed by atoms with Crippen molar-refractivity contribution in [2.24, 2.45) is 0 Å². The first-order chi connectivity index (χ1) is 6.93. The van der Waals surface area contributed by atoms with Crippen LogP contribution in [0.3, 0.4) is 0 Å². The number of fused-ring (bicyclic) bond motifs is 1. The Morgan fingerprint density at radius 3 is 3.36 bits per heavy atom. The average molecular weight is 207 g/mol. The van der Waals surface area contributed by atoms with Crippen molar-refractivity contribution in [1.29, 1.82) is 0 Å². The molecule has 2 aromatic rings. The molecule has 1 fully saturated rings. The van der Waals surface area contributed by atoms with Gasteiger partial charge in [0.15, 0.2) is 0 Å². The van der Waals surface area contributed by atoms with Crippen molar-refractivity contribution in [3.63, 3.8) is 0 Å². The molecule has 0 amide bonds. The van der Waals surface area contributed by atoms with Crippen molar-refractivity contribution in [3.05, 3.63) is 24.4 Å². The standard InChI is InChI=1S/C10H9NO2S/c1-2-7-4-11-14-10(7)9(3-1)13-6-8-5-12-8/h1-4,8H,5-6H2. The van der Waals surface area contributed by atoms with Gasteiger partial charge in [-0.3, -0.25) is 0 Å². The van der Waals surface area contributed by atoms with Crippen LogP contribution in [0.15, 0.2) is 24.4 Å². The second kappa shape index (κ2) is 3.22. The van der Waals surface area contributed by atoms with Crippen LogP contribution in [0.5, 0.6) is 5.75 Å². The molecule has 0 aliphatic carbocycles. The van der Waals surface area contributed by atoms with Gasteiger partial charge in [-0.2, -0.15) is 4.37 Å². The molecule has 72 valence electrons. The van der Waals surface area contributed by atoms with Crippen LogP contribution in [-0.4, -0.2) is 23.7 Å². The third kappa shape index (κ3) is 1.47. The third-order valence-corrected chi connectivity index (χ3v) is 3.00. The molecule has 1 saturated heterocycles. The molecule has 3 nitrogen and oxygen atoms in total. The number of ether oxygens (including phenoxy) is 2. The molecule has 3 rings (SSSR count). The summed E-state index contributed by atoms with van der Waals surface area (Å²) in [5.41, 5.74) is 0. The van der Waals surface area contributed by atoms with E-state index >= 15 is 0 Å². The zero-order chi connectivity index (χ0) is 9.38. The summed E-state index contributed by atoms with van der Waals surface area (Å²) in [6.07, 6.45) is 2.17. The van der Waals surface area contributed by atoms with Crippen LogP contribution in [0.2, 0.25) is 0 Å². The number of rotatable bonds is 3. The molecule has 0 radical (unpaired) electrons. The summed E-state index contributed by atoms with van der Waals surface area (Å²) in [4.78, 5) is 0. The Bertz CT molecular complexity index is 450. The Labute approximate surface area is 85.4 Å². The number of aromatic nitrogens is 1. The van der Waals surface area contributed by atoms with Crippen molar-refractivity contribution in [2.45, 2.75) is 6.10 Å². The molecular formula is C10H9NO2S. The third-order valence-electron chi connectivity index (χ3n) is 2.17. The van der Waals surface area contributed by atoms with Gasteiger partial charge in [0.1, 0.15) is 18.5 Å². The number of nitrogens with zero attached hydrogens (tertiary/aromatic N) is 1. The molecule has 2 heterocycles. The lowest BCUT2D eigenvalue weighted by atomic mass is 10.3. The topological polar surface area (TPSA) is 34.6 Å². The fourth-order valence-corrected chi connectivity index (χ4v) is 2.04. The molecule has 1 aromatic heterocycles. The zero-order valence-corrected chi connectivity index (χ0v) is 8.29. The lowest BCUT2D eigenvalue weighted by Gasteiger charge is -2.03. The van der Waals surface area contributed by atoms with E-state index in [0.29, 0.717) is 12.7 Å². The number of hydrogen-bond acceptors (Lipinski definition) is 4. The molecule has 4 heteroatoms. The summed E-state index contributed by atoms with van der Waals surface area (Å²) < 4.78 is 16.0. The van der Waals surface area contributed by atoms with Crippen molar-refractivity contribution < 1.29 is 9.47 Å². The lowest BCUT2D eigenvalue weighted by Crippen LogP contribution is -2.03. The van der Waals surface area contributed by atoms with Gasteiger partial charge in [0.25, 0.3) is 0 Å². The monoisotopic (exact) mass is 207 g/mol. The minimum atomic E-state index is 0.304. The van der Waals surface area contributed by atoms with Crippen LogP contribution in [0, 0.1) is 0 Å². The summed E-state index contributed by atoms with van der Waals surface area (Å²) in [7, 11) is 0. The molecule has 0 saturated carbocycles. The van der Waals surface area contributed by atoms with E-state index in [0.717, 1.165) is 22.4 Å². The van der Waals surface area contributed by atoms with Crippen molar-refractivity contribution in [1.82, 2.24) is 4.37 Å². The van der Waals surface area contributed by atoms with Gasteiger partial charge in [0, 0.05) is 11.6 Å². The van der Waals surface area contributed by atoms with Crippen molar-refractivity contribution in [3.8, 4) is 5.75 Å². The number of benzene rings is 1. The quantitative estimate of drug-likeness (QED) is 0.723. The van der Waals surface area contributed by atoms with Crippen LogP contribution >= 0.6 is 11.5 Å². The summed E-state index contributed by atoms with van der Waals surface area (Å²) in [6, 6.07) is 6.00. The molecular weight excluding hydrogens is 198 g/mol. The Kier molecular flexibility index (Phi) is 1.89. The molecule has 1 aliphatic rings. The highest BCUT2D eigenvalue weighted by Crippen LogP contribution is 2.29. The lowest BCUT2D eigenvalue weighted by molar-refractivity contribution is 0.265. The van der Waals surface area contributed by atoms with Gasteiger partial charge < -0.3 is 9.47 Å². The van der Waals surface area contributed by atoms with Crippen LogP contribution in [0.1, 0.15) is 0 Å². The molecule has 1 unspecified atom stereocenters. The Hall–Kier alpha value is -1.13. The first-order valence-electron chi connectivity index (χ1n) is 4.51. The van der Waals surface area contributed by atoms with Crippen molar-refractivity contribution >= 4 is 21.6 Å². The van der Waals surface area contributed by atoms with Crippen LogP contribution < -0.4 is 4.74 Å². The SMILES string of the molecule is c1cc(OCC2CO2)c2sncc2c1. The van der Waals surface area contributed by atoms with E-state index in [2.05, 4.69) is 4.37 Å². The predicted molar refractivity (Wildman–Crippen MR) is 54.9 cm³/mol. The smallest absolute Gasteiger partial charge is 0.138 e. The maximum Gasteiger partial charge on any atom is 0.138 e. The molecule has 0 N–H and O–H groups in total. The zero-order valence-electron chi connectivity index (χ0n) is 7.47. The highest BCUT2D eigenvalue weighted by Gasteiger charge is 2.23. The van der Waals surface area contributed by atoms with Gasteiger partial charge in [-0.05, 0) is 17.6 Å². The van der Waals surface area contributed by atoms with Crippen LogP contribution in [-0.2, 0) is 4.74 Å². The Morgan fingerprint density at radius 2 is 2.50 bits per heavy atom. The highest BCUT2D eigenvalue weighted by atomic mass is 32.1. The van der Waals surface area contributed by atoms with E-state index in [1.165, 1.54) is 11.5 Å². The van der Waals surface area contributed by atoms with E-state index in [1.54, 1.807) is 0 Å². The van der Waals surface area contributed by atoms with Crippen LogP contribution in [0.4, 0.5) is 0 Å². The summed E-state index contributed by atoms with van der Waals surface area (Å²) >= 11 is 1.47. The Balaban J connectivity index is 1.89. The normalized spacial score (nSPS) is 19.9. The van der Waals surface area contributed by atoms with Gasteiger partial charge in [-0.1, -0.05) is 12.1 Å². The van der Waals surface area contributed by atoms with Gasteiger partial charge in [-0.15, -0.1) is 0 Å². The van der Waals surface area contributed by atoms with E-state index in [-0.39, 0.29) is 0 Å². The Morgan fingerprint density at radius 1 is 1.57 bits per heavy atom. The van der Waals surface area contributed by atoms with Gasteiger partial charge >= 0.3 is 0 Å². The number of hydrogen-bond donors (Lipinski definition) is 0. The fraction of sp³-hybridized carbons (Fsp3) is 0.300. The van der Waals surface area contributed by atoms with E-state index in [9.17, 15) is 0 Å². The first kappa shape index (κ1) is 8.20.